The number of para-hydroxylation sites is 1. The lowest BCUT2D eigenvalue weighted by Gasteiger charge is -2.27. The molecular weight excluding hydrogens is 328 g/mol. The molecule has 1 heterocycles. The number of halogens is 1. The maximum Gasteiger partial charge on any atom is 0.128 e. The highest BCUT2D eigenvalue weighted by Gasteiger charge is 2.14. The van der Waals surface area contributed by atoms with E-state index in [0.717, 1.165) is 28.2 Å². The first-order chi connectivity index (χ1) is 10.0. The largest absolute Gasteiger partial charge is 0.496 e. The van der Waals surface area contributed by atoms with E-state index in [4.69, 9.17) is 4.74 Å². The number of pyridine rings is 1. The highest BCUT2D eigenvalue weighted by molar-refractivity contribution is 9.10. The SMILES string of the molecule is COc1ccccc1CC(C)N(C)c1ccc(Br)c(C)n1. The minimum atomic E-state index is 0.328. The molecule has 0 bridgehead atoms. The number of ether oxygens (including phenoxy) is 1. The molecule has 1 atom stereocenters. The summed E-state index contributed by atoms with van der Waals surface area (Å²) in [5, 5.41) is 0. The third-order valence-corrected chi connectivity index (χ3v) is 4.58. The fraction of sp³-hybridized carbons (Fsp3) is 0.353. The minimum absolute atomic E-state index is 0.328. The Kier molecular flexibility index (Phi) is 5.23. The van der Waals surface area contributed by atoms with Crippen LogP contribution in [0.1, 0.15) is 18.2 Å². The van der Waals surface area contributed by atoms with E-state index in [0.29, 0.717) is 6.04 Å². The summed E-state index contributed by atoms with van der Waals surface area (Å²) < 4.78 is 6.47. The summed E-state index contributed by atoms with van der Waals surface area (Å²) in [6.07, 6.45) is 0.914. The Hall–Kier alpha value is -1.55. The zero-order chi connectivity index (χ0) is 15.4. The predicted molar refractivity (Wildman–Crippen MR) is 91.2 cm³/mol. The van der Waals surface area contributed by atoms with E-state index in [9.17, 15) is 0 Å². The van der Waals surface area contributed by atoms with Gasteiger partial charge in [0, 0.05) is 17.6 Å². The number of rotatable bonds is 5. The Balaban J connectivity index is 2.15. The fourth-order valence-corrected chi connectivity index (χ4v) is 2.50. The number of benzene rings is 1. The van der Waals surface area contributed by atoms with Crippen LogP contribution in [0.15, 0.2) is 40.9 Å². The third kappa shape index (κ3) is 3.76. The second-order valence-electron chi connectivity index (χ2n) is 5.21. The van der Waals surface area contributed by atoms with Crippen molar-refractivity contribution in [3.8, 4) is 5.75 Å². The van der Waals surface area contributed by atoms with Gasteiger partial charge >= 0.3 is 0 Å². The number of aryl methyl sites for hydroxylation is 1. The molecule has 0 N–H and O–H groups in total. The molecular formula is C17H21BrN2O. The van der Waals surface area contributed by atoms with Crippen LogP contribution < -0.4 is 9.64 Å². The number of methoxy groups -OCH3 is 1. The van der Waals surface area contributed by atoms with Crippen molar-refractivity contribution in [2.24, 2.45) is 0 Å². The molecule has 1 unspecified atom stereocenters. The molecule has 0 saturated carbocycles. The van der Waals surface area contributed by atoms with Crippen molar-refractivity contribution in [2.75, 3.05) is 19.1 Å². The molecule has 3 nitrogen and oxygen atoms in total. The van der Waals surface area contributed by atoms with E-state index in [1.807, 2.05) is 37.3 Å². The first kappa shape index (κ1) is 15.8. The second kappa shape index (κ2) is 6.94. The minimum Gasteiger partial charge on any atom is -0.496 e. The van der Waals surface area contributed by atoms with E-state index >= 15 is 0 Å². The lowest BCUT2D eigenvalue weighted by molar-refractivity contribution is 0.408. The van der Waals surface area contributed by atoms with Crippen molar-refractivity contribution in [1.82, 2.24) is 4.98 Å². The molecule has 2 aromatic rings. The van der Waals surface area contributed by atoms with Crippen molar-refractivity contribution >= 4 is 21.7 Å². The topological polar surface area (TPSA) is 25.4 Å². The summed E-state index contributed by atoms with van der Waals surface area (Å²) in [5.74, 6) is 1.93. The van der Waals surface area contributed by atoms with Gasteiger partial charge in [-0.2, -0.15) is 0 Å². The van der Waals surface area contributed by atoms with Gasteiger partial charge < -0.3 is 9.64 Å². The van der Waals surface area contributed by atoms with E-state index in [1.54, 1.807) is 7.11 Å². The van der Waals surface area contributed by atoms with Crippen LogP contribution in [-0.2, 0) is 6.42 Å². The van der Waals surface area contributed by atoms with Crippen LogP contribution in [0.2, 0.25) is 0 Å². The lowest BCUT2D eigenvalue weighted by Crippen LogP contribution is -2.31. The number of nitrogens with zero attached hydrogens (tertiary/aromatic N) is 2. The summed E-state index contributed by atoms with van der Waals surface area (Å²) in [5.41, 5.74) is 2.22. The van der Waals surface area contributed by atoms with Crippen molar-refractivity contribution in [3.05, 3.63) is 52.1 Å². The Morgan fingerprint density at radius 3 is 2.62 bits per heavy atom. The van der Waals surface area contributed by atoms with Crippen LogP contribution in [0.25, 0.3) is 0 Å². The molecule has 0 aliphatic heterocycles. The maximum absolute atomic E-state index is 5.43. The summed E-state index contributed by atoms with van der Waals surface area (Å²) in [6, 6.07) is 12.6. The summed E-state index contributed by atoms with van der Waals surface area (Å²) in [7, 11) is 3.79. The molecule has 0 aliphatic rings. The number of likely N-dealkylation sites (N-methyl/N-ethyl adjacent to an activating group) is 1. The molecule has 0 aliphatic carbocycles. The predicted octanol–water partition coefficient (Wildman–Crippen LogP) is 4.23. The molecule has 1 aromatic heterocycles. The normalized spacial score (nSPS) is 12.0. The zero-order valence-electron chi connectivity index (χ0n) is 12.9. The molecule has 0 spiro atoms. The smallest absolute Gasteiger partial charge is 0.128 e. The Labute approximate surface area is 135 Å². The molecule has 0 radical (unpaired) electrons. The summed E-state index contributed by atoms with van der Waals surface area (Å²) in [6.45, 7) is 4.21. The van der Waals surface area contributed by atoms with Gasteiger partial charge in [-0.3, -0.25) is 0 Å². The van der Waals surface area contributed by atoms with Crippen LogP contribution in [0.5, 0.6) is 5.75 Å². The van der Waals surface area contributed by atoms with Crippen molar-refractivity contribution < 1.29 is 4.74 Å². The first-order valence-electron chi connectivity index (χ1n) is 7.00. The van der Waals surface area contributed by atoms with E-state index in [2.05, 4.69) is 45.9 Å². The van der Waals surface area contributed by atoms with E-state index in [-0.39, 0.29) is 0 Å². The van der Waals surface area contributed by atoms with Gasteiger partial charge in [0.15, 0.2) is 0 Å². The average Bonchev–Trinajstić information content (AvgIpc) is 2.49. The molecule has 4 heteroatoms. The fourth-order valence-electron chi connectivity index (χ4n) is 2.28. The van der Waals surface area contributed by atoms with Gasteiger partial charge in [0.2, 0.25) is 0 Å². The van der Waals surface area contributed by atoms with Crippen molar-refractivity contribution in [2.45, 2.75) is 26.3 Å². The highest BCUT2D eigenvalue weighted by atomic mass is 79.9. The van der Waals surface area contributed by atoms with E-state index < -0.39 is 0 Å². The number of hydrogen-bond acceptors (Lipinski definition) is 3. The second-order valence-corrected chi connectivity index (χ2v) is 6.07. The molecule has 21 heavy (non-hydrogen) atoms. The summed E-state index contributed by atoms with van der Waals surface area (Å²) in [4.78, 5) is 6.83. The van der Waals surface area contributed by atoms with Gasteiger partial charge in [-0.05, 0) is 60.0 Å². The van der Waals surface area contributed by atoms with Gasteiger partial charge in [-0.15, -0.1) is 0 Å². The molecule has 1 aromatic carbocycles. The standard InChI is InChI=1S/C17H21BrN2O/c1-12(11-14-7-5-6-8-16(14)21-4)20(3)17-10-9-15(18)13(2)19-17/h5-10,12H,11H2,1-4H3. The van der Waals surface area contributed by atoms with Gasteiger partial charge in [-0.1, -0.05) is 18.2 Å². The van der Waals surface area contributed by atoms with E-state index in [1.165, 1.54) is 5.56 Å². The monoisotopic (exact) mass is 348 g/mol. The van der Waals surface area contributed by atoms with Gasteiger partial charge in [0.05, 0.1) is 12.8 Å². The summed E-state index contributed by atoms with van der Waals surface area (Å²) >= 11 is 3.49. The number of anilines is 1. The molecule has 0 amide bonds. The maximum atomic E-state index is 5.43. The van der Waals surface area contributed by atoms with Crippen molar-refractivity contribution in [1.29, 1.82) is 0 Å². The first-order valence-corrected chi connectivity index (χ1v) is 7.80. The van der Waals surface area contributed by atoms with Gasteiger partial charge in [0.25, 0.3) is 0 Å². The molecule has 2 rings (SSSR count). The van der Waals surface area contributed by atoms with Gasteiger partial charge in [-0.25, -0.2) is 4.98 Å². The Morgan fingerprint density at radius 2 is 1.95 bits per heavy atom. The highest BCUT2D eigenvalue weighted by Crippen LogP contribution is 2.23. The molecule has 0 fully saturated rings. The quantitative estimate of drug-likeness (QED) is 0.808. The van der Waals surface area contributed by atoms with Crippen LogP contribution in [0.4, 0.5) is 5.82 Å². The van der Waals surface area contributed by atoms with Crippen LogP contribution >= 0.6 is 15.9 Å². The molecule has 0 saturated heterocycles. The van der Waals surface area contributed by atoms with Crippen LogP contribution in [0, 0.1) is 6.92 Å². The van der Waals surface area contributed by atoms with Crippen molar-refractivity contribution in [3.63, 3.8) is 0 Å². The van der Waals surface area contributed by atoms with Crippen LogP contribution in [-0.4, -0.2) is 25.2 Å². The Bertz CT molecular complexity index is 615. The van der Waals surface area contributed by atoms with Crippen LogP contribution in [0.3, 0.4) is 0 Å². The molecule has 112 valence electrons. The number of aromatic nitrogens is 1. The lowest BCUT2D eigenvalue weighted by atomic mass is 10.1. The average molecular weight is 349 g/mol. The number of hydrogen-bond donors (Lipinski definition) is 0. The Morgan fingerprint density at radius 1 is 1.24 bits per heavy atom. The third-order valence-electron chi connectivity index (χ3n) is 3.74. The zero-order valence-corrected chi connectivity index (χ0v) is 14.5. The van der Waals surface area contributed by atoms with Gasteiger partial charge in [0.1, 0.15) is 11.6 Å².